The van der Waals surface area contributed by atoms with Crippen molar-refractivity contribution in [2.24, 2.45) is 4.99 Å². The first-order valence-corrected chi connectivity index (χ1v) is 15.2. The standard InChI is InChI=1S/C33H39F4N3O8/c1-8-23(30(42)43)48-19-9-10-39(15-19)21-12-17(11-20(27(21)46-6)32(2,3)4)22(41)16-40-14-18-13-24(45-5)28(47-7)26(34)25(18)29(40)38-31(44)33(35,36)37/h11-13,19,23H,8-10,14-16H2,1-7H3,(H,42,43)/b38-29+. The Kier molecular flexibility index (Phi) is 10.6. The molecule has 262 valence electrons. The van der Waals surface area contributed by atoms with E-state index in [1.807, 2.05) is 25.7 Å². The van der Waals surface area contributed by atoms with Gasteiger partial charge in [0.05, 0.1) is 45.2 Å². The second-order valence-corrected chi connectivity index (χ2v) is 12.5. The van der Waals surface area contributed by atoms with Gasteiger partial charge in [0.1, 0.15) is 11.6 Å². The number of carbonyl (C=O) groups excluding carboxylic acids is 2. The third-order valence-electron chi connectivity index (χ3n) is 8.25. The van der Waals surface area contributed by atoms with E-state index in [1.165, 1.54) is 20.3 Å². The second kappa shape index (κ2) is 14.0. The van der Waals surface area contributed by atoms with Gasteiger partial charge >= 0.3 is 18.1 Å². The number of hydrogen-bond donors (Lipinski definition) is 1. The number of ether oxygens (including phenoxy) is 4. The Bertz CT molecular complexity index is 1620. The summed E-state index contributed by atoms with van der Waals surface area (Å²) in [5, 5.41) is 9.45. The van der Waals surface area contributed by atoms with E-state index in [-0.39, 0.29) is 29.8 Å². The van der Waals surface area contributed by atoms with Gasteiger partial charge in [0.2, 0.25) is 0 Å². The number of amides is 1. The molecule has 11 nitrogen and oxygen atoms in total. The number of aliphatic carboxylic acids is 1. The van der Waals surface area contributed by atoms with E-state index < -0.39 is 71.0 Å². The van der Waals surface area contributed by atoms with E-state index in [4.69, 9.17) is 18.9 Å². The number of carbonyl (C=O) groups is 3. The molecule has 15 heteroatoms. The molecule has 48 heavy (non-hydrogen) atoms. The summed E-state index contributed by atoms with van der Waals surface area (Å²) in [4.78, 5) is 43.8. The van der Waals surface area contributed by atoms with Gasteiger partial charge in [-0.3, -0.25) is 9.59 Å². The zero-order valence-corrected chi connectivity index (χ0v) is 27.8. The van der Waals surface area contributed by atoms with Crippen LogP contribution >= 0.6 is 0 Å². The first kappa shape index (κ1) is 36.4. The van der Waals surface area contributed by atoms with Gasteiger partial charge in [0.15, 0.2) is 29.2 Å². The number of benzene rings is 2. The van der Waals surface area contributed by atoms with Crippen LogP contribution in [0.25, 0.3) is 0 Å². The lowest BCUT2D eigenvalue weighted by atomic mass is 9.84. The zero-order valence-electron chi connectivity index (χ0n) is 27.8. The van der Waals surface area contributed by atoms with E-state index in [0.717, 1.165) is 12.0 Å². The van der Waals surface area contributed by atoms with Crippen LogP contribution in [0.4, 0.5) is 23.2 Å². The lowest BCUT2D eigenvalue weighted by Crippen LogP contribution is -2.34. The lowest BCUT2D eigenvalue weighted by Gasteiger charge is -2.29. The summed E-state index contributed by atoms with van der Waals surface area (Å²) in [7, 11) is 3.91. The average Bonchev–Trinajstić information content (AvgIpc) is 3.62. The topological polar surface area (TPSA) is 127 Å². The van der Waals surface area contributed by atoms with Crippen molar-refractivity contribution in [2.75, 3.05) is 45.9 Å². The highest BCUT2D eigenvalue weighted by molar-refractivity contribution is 6.11. The lowest BCUT2D eigenvalue weighted by molar-refractivity contribution is -0.169. The maximum Gasteiger partial charge on any atom is 0.473 e. The van der Waals surface area contributed by atoms with Gasteiger partial charge in [0, 0.05) is 30.8 Å². The SMILES string of the molecule is CCC(OC1CCN(c2cc(C(=O)CN3Cc4cc(OC)c(OC)c(F)c4/C3=N\C(=O)C(F)(F)F)cc(C(C)(C)C)c2OC)C1)C(=O)O. The summed E-state index contributed by atoms with van der Waals surface area (Å²) in [6, 6.07) is 4.60. The predicted molar refractivity (Wildman–Crippen MR) is 167 cm³/mol. The number of amidine groups is 1. The predicted octanol–water partition coefficient (Wildman–Crippen LogP) is 5.14. The quantitative estimate of drug-likeness (QED) is 0.252. The number of alkyl halides is 3. The van der Waals surface area contributed by atoms with Gasteiger partial charge in [0.25, 0.3) is 0 Å². The van der Waals surface area contributed by atoms with Crippen LogP contribution in [0, 0.1) is 5.82 Å². The normalized spacial score (nSPS) is 17.8. The van der Waals surface area contributed by atoms with E-state index in [0.29, 0.717) is 36.5 Å². The summed E-state index contributed by atoms with van der Waals surface area (Å²) >= 11 is 0. The number of nitrogens with zero attached hydrogens (tertiary/aromatic N) is 3. The number of fused-ring (bicyclic) bond motifs is 1. The molecule has 0 spiro atoms. The van der Waals surface area contributed by atoms with Crippen molar-refractivity contribution in [1.29, 1.82) is 0 Å². The number of Topliss-reactive ketones (excluding diaryl/α,β-unsaturated/α-hetero) is 1. The number of anilines is 1. The molecule has 2 heterocycles. The number of carboxylic acids is 1. The van der Waals surface area contributed by atoms with Crippen molar-refractivity contribution in [3.05, 3.63) is 46.3 Å². The van der Waals surface area contributed by atoms with Crippen molar-refractivity contribution in [3.63, 3.8) is 0 Å². The van der Waals surface area contributed by atoms with Gasteiger partial charge in [-0.1, -0.05) is 27.7 Å². The Balaban J connectivity index is 1.75. The number of hydrogen-bond acceptors (Lipinski definition) is 8. The Morgan fingerprint density at radius 1 is 1.04 bits per heavy atom. The second-order valence-electron chi connectivity index (χ2n) is 12.5. The van der Waals surface area contributed by atoms with Crippen molar-refractivity contribution in [1.82, 2.24) is 4.90 Å². The fourth-order valence-corrected chi connectivity index (χ4v) is 5.89. The molecule has 2 aromatic rings. The Hall–Kier alpha value is -4.40. The average molecular weight is 682 g/mol. The highest BCUT2D eigenvalue weighted by Crippen LogP contribution is 2.43. The largest absolute Gasteiger partial charge is 0.494 e. The monoisotopic (exact) mass is 681 g/mol. The molecule has 0 radical (unpaired) electrons. The minimum atomic E-state index is -5.34. The first-order chi connectivity index (χ1) is 22.4. The van der Waals surface area contributed by atoms with E-state index >= 15 is 4.39 Å². The Morgan fingerprint density at radius 3 is 2.25 bits per heavy atom. The van der Waals surface area contributed by atoms with Crippen LogP contribution in [-0.2, 0) is 26.3 Å². The van der Waals surface area contributed by atoms with Crippen LogP contribution in [0.3, 0.4) is 0 Å². The molecule has 4 rings (SSSR count). The summed E-state index contributed by atoms with van der Waals surface area (Å²) in [6.45, 7) is 7.48. The summed E-state index contributed by atoms with van der Waals surface area (Å²) in [5.74, 6) is -5.74. The minimum Gasteiger partial charge on any atom is -0.494 e. The van der Waals surface area contributed by atoms with Crippen LogP contribution in [0.5, 0.6) is 17.2 Å². The van der Waals surface area contributed by atoms with Gasteiger partial charge in [-0.05, 0) is 42.0 Å². The molecule has 2 unspecified atom stereocenters. The maximum atomic E-state index is 15.7. The van der Waals surface area contributed by atoms with Crippen molar-refractivity contribution in [3.8, 4) is 17.2 Å². The fourth-order valence-electron chi connectivity index (χ4n) is 5.89. The Morgan fingerprint density at radius 2 is 1.71 bits per heavy atom. The molecule has 0 aromatic heterocycles. The summed E-state index contributed by atoms with van der Waals surface area (Å²) < 4.78 is 77.6. The van der Waals surface area contributed by atoms with Gasteiger partial charge in [-0.15, -0.1) is 0 Å². The van der Waals surface area contributed by atoms with Crippen LogP contribution < -0.4 is 19.1 Å². The fraction of sp³-hybridized carbons (Fsp3) is 0.515. The molecule has 2 aliphatic rings. The van der Waals surface area contributed by atoms with Crippen molar-refractivity contribution >= 4 is 29.2 Å². The molecular weight excluding hydrogens is 642 g/mol. The third kappa shape index (κ3) is 7.35. The molecule has 1 N–H and O–H groups in total. The van der Waals surface area contributed by atoms with Gasteiger partial charge < -0.3 is 33.9 Å². The Labute approximate surface area is 275 Å². The molecular formula is C33H39F4N3O8. The molecule has 1 fully saturated rings. The molecule has 1 saturated heterocycles. The number of ketones is 1. The van der Waals surface area contributed by atoms with E-state index in [1.54, 1.807) is 19.1 Å². The smallest absolute Gasteiger partial charge is 0.473 e. The highest BCUT2D eigenvalue weighted by atomic mass is 19.4. The van der Waals surface area contributed by atoms with Crippen LogP contribution in [0.15, 0.2) is 23.2 Å². The van der Waals surface area contributed by atoms with Crippen LogP contribution in [0.1, 0.15) is 67.6 Å². The number of aliphatic imine (C=N–C) groups is 1. The number of methoxy groups -OCH3 is 3. The molecule has 1 amide bonds. The summed E-state index contributed by atoms with van der Waals surface area (Å²) in [6.07, 6.45) is -5.90. The van der Waals surface area contributed by atoms with E-state index in [9.17, 15) is 32.7 Å². The van der Waals surface area contributed by atoms with Crippen molar-refractivity contribution < 1.29 is 56.0 Å². The molecule has 2 aromatic carbocycles. The van der Waals surface area contributed by atoms with Crippen LogP contribution in [-0.4, -0.2) is 92.8 Å². The van der Waals surface area contributed by atoms with Gasteiger partial charge in [-0.2, -0.15) is 18.2 Å². The van der Waals surface area contributed by atoms with Gasteiger partial charge in [-0.25, -0.2) is 9.18 Å². The number of rotatable bonds is 11. The zero-order chi connectivity index (χ0) is 35.7. The number of carboxylic acid groups (broad SMARTS) is 1. The van der Waals surface area contributed by atoms with E-state index in [2.05, 4.69) is 4.99 Å². The molecule has 0 bridgehead atoms. The van der Waals surface area contributed by atoms with Crippen LogP contribution in [0.2, 0.25) is 0 Å². The minimum absolute atomic E-state index is 0.0282. The first-order valence-electron chi connectivity index (χ1n) is 15.2. The highest BCUT2D eigenvalue weighted by Gasteiger charge is 2.42. The molecule has 2 aliphatic heterocycles. The third-order valence-corrected chi connectivity index (χ3v) is 8.25. The molecule has 0 saturated carbocycles. The molecule has 2 atom stereocenters. The number of halogens is 4. The molecule has 0 aliphatic carbocycles. The maximum absolute atomic E-state index is 15.7. The van der Waals surface area contributed by atoms with Crippen molar-refractivity contribution in [2.45, 2.75) is 70.9 Å². The summed E-state index contributed by atoms with van der Waals surface area (Å²) in [5.41, 5.74) is 0.609.